The average Bonchev–Trinajstić information content (AvgIpc) is 2.28. The zero-order valence-electron chi connectivity index (χ0n) is 9.90. The van der Waals surface area contributed by atoms with E-state index in [0.717, 1.165) is 25.7 Å². The SMILES string of the molecule is CS(=O)(=O)C1CCC(c2cccc(I)c2)CC1. The molecule has 0 saturated heterocycles. The van der Waals surface area contributed by atoms with Gasteiger partial charge in [-0.1, -0.05) is 12.1 Å². The minimum Gasteiger partial charge on any atom is -0.229 e. The van der Waals surface area contributed by atoms with Crippen molar-refractivity contribution >= 4 is 32.4 Å². The molecule has 0 heterocycles. The number of benzene rings is 1. The summed E-state index contributed by atoms with van der Waals surface area (Å²) in [6.45, 7) is 0. The molecule has 17 heavy (non-hydrogen) atoms. The molecule has 0 bridgehead atoms. The molecule has 94 valence electrons. The topological polar surface area (TPSA) is 34.1 Å². The van der Waals surface area contributed by atoms with Gasteiger partial charge < -0.3 is 0 Å². The van der Waals surface area contributed by atoms with E-state index in [4.69, 9.17) is 0 Å². The second kappa shape index (κ2) is 5.26. The molecule has 0 radical (unpaired) electrons. The van der Waals surface area contributed by atoms with Crippen LogP contribution in [0.25, 0.3) is 0 Å². The molecule has 2 nitrogen and oxygen atoms in total. The van der Waals surface area contributed by atoms with Crippen LogP contribution < -0.4 is 0 Å². The average molecular weight is 364 g/mol. The van der Waals surface area contributed by atoms with E-state index in [1.54, 1.807) is 0 Å². The second-order valence-electron chi connectivity index (χ2n) is 4.86. The normalized spacial score (nSPS) is 25.8. The lowest BCUT2D eigenvalue weighted by Gasteiger charge is -2.27. The Balaban J connectivity index is 2.05. The van der Waals surface area contributed by atoms with Crippen molar-refractivity contribution < 1.29 is 8.42 Å². The summed E-state index contributed by atoms with van der Waals surface area (Å²) in [7, 11) is -2.84. The van der Waals surface area contributed by atoms with Crippen molar-refractivity contribution in [3.8, 4) is 0 Å². The summed E-state index contributed by atoms with van der Waals surface area (Å²) in [5.74, 6) is 0.544. The first-order valence-corrected chi connectivity index (χ1v) is 8.94. The van der Waals surface area contributed by atoms with E-state index in [-0.39, 0.29) is 5.25 Å². The first-order valence-electron chi connectivity index (χ1n) is 5.91. The van der Waals surface area contributed by atoms with E-state index in [9.17, 15) is 8.42 Å². The Morgan fingerprint density at radius 3 is 2.35 bits per heavy atom. The van der Waals surface area contributed by atoms with Crippen molar-refractivity contribution in [2.45, 2.75) is 36.9 Å². The molecule has 0 unspecified atom stereocenters. The van der Waals surface area contributed by atoms with Crippen LogP contribution in [0.3, 0.4) is 0 Å². The van der Waals surface area contributed by atoms with E-state index in [1.807, 2.05) is 0 Å². The van der Waals surface area contributed by atoms with Gasteiger partial charge in [0.15, 0.2) is 0 Å². The van der Waals surface area contributed by atoms with Crippen LogP contribution in [0.15, 0.2) is 24.3 Å². The van der Waals surface area contributed by atoms with Gasteiger partial charge in [0.2, 0.25) is 0 Å². The van der Waals surface area contributed by atoms with Gasteiger partial charge in [-0.25, -0.2) is 8.42 Å². The molecule has 0 spiro atoms. The van der Waals surface area contributed by atoms with Gasteiger partial charge in [0.05, 0.1) is 5.25 Å². The Labute approximate surface area is 117 Å². The van der Waals surface area contributed by atoms with Gasteiger partial charge in [0.25, 0.3) is 0 Å². The predicted molar refractivity (Wildman–Crippen MR) is 79.0 cm³/mol. The molecule has 1 saturated carbocycles. The molecule has 2 rings (SSSR count). The van der Waals surface area contributed by atoms with Crippen LogP contribution in [0.1, 0.15) is 37.2 Å². The molecule has 0 aliphatic heterocycles. The maximum Gasteiger partial charge on any atom is 0.150 e. The van der Waals surface area contributed by atoms with Gasteiger partial charge in [-0.05, 0) is 71.9 Å². The van der Waals surface area contributed by atoms with Crippen LogP contribution in [0.5, 0.6) is 0 Å². The van der Waals surface area contributed by atoms with Crippen molar-refractivity contribution in [1.82, 2.24) is 0 Å². The first kappa shape index (κ1) is 13.3. The predicted octanol–water partition coefficient (Wildman–Crippen LogP) is 3.36. The number of hydrogen-bond acceptors (Lipinski definition) is 2. The van der Waals surface area contributed by atoms with Gasteiger partial charge in [0.1, 0.15) is 9.84 Å². The van der Waals surface area contributed by atoms with Gasteiger partial charge in [-0.3, -0.25) is 0 Å². The number of rotatable bonds is 2. The van der Waals surface area contributed by atoms with Gasteiger partial charge >= 0.3 is 0 Å². The van der Waals surface area contributed by atoms with Crippen molar-refractivity contribution in [2.75, 3.05) is 6.26 Å². The van der Waals surface area contributed by atoms with Gasteiger partial charge in [-0.15, -0.1) is 0 Å². The largest absolute Gasteiger partial charge is 0.229 e. The molecule has 0 N–H and O–H groups in total. The zero-order valence-corrected chi connectivity index (χ0v) is 12.9. The van der Waals surface area contributed by atoms with Crippen molar-refractivity contribution in [1.29, 1.82) is 0 Å². The van der Waals surface area contributed by atoms with E-state index in [0.29, 0.717) is 5.92 Å². The lowest BCUT2D eigenvalue weighted by atomic mass is 9.84. The summed E-state index contributed by atoms with van der Waals surface area (Å²) < 4.78 is 24.2. The molecule has 1 aliphatic carbocycles. The van der Waals surface area contributed by atoms with E-state index in [2.05, 4.69) is 46.9 Å². The number of hydrogen-bond donors (Lipinski definition) is 0. The fourth-order valence-electron chi connectivity index (χ4n) is 2.58. The highest BCUT2D eigenvalue weighted by molar-refractivity contribution is 14.1. The highest BCUT2D eigenvalue weighted by atomic mass is 127. The molecule has 1 aromatic carbocycles. The first-order chi connectivity index (χ1) is 7.97. The van der Waals surface area contributed by atoms with Crippen molar-refractivity contribution in [3.63, 3.8) is 0 Å². The summed E-state index contributed by atoms with van der Waals surface area (Å²) in [5, 5.41) is -0.110. The van der Waals surface area contributed by atoms with Crippen LogP contribution >= 0.6 is 22.6 Å². The molecule has 4 heteroatoms. The number of sulfone groups is 1. The van der Waals surface area contributed by atoms with Crippen LogP contribution in [0.2, 0.25) is 0 Å². The maximum atomic E-state index is 11.5. The lowest BCUT2D eigenvalue weighted by molar-refractivity contribution is 0.436. The van der Waals surface area contributed by atoms with E-state index in [1.165, 1.54) is 15.4 Å². The Morgan fingerprint density at radius 1 is 1.18 bits per heavy atom. The van der Waals surface area contributed by atoms with Crippen LogP contribution in [-0.4, -0.2) is 19.9 Å². The zero-order chi connectivity index (χ0) is 12.5. The van der Waals surface area contributed by atoms with Gasteiger partial charge in [-0.2, -0.15) is 0 Å². The summed E-state index contributed by atoms with van der Waals surface area (Å²) in [4.78, 5) is 0. The standard InChI is InChI=1S/C13H17IO2S/c1-17(15,16)13-7-5-10(6-8-13)11-3-2-4-12(14)9-11/h2-4,9-10,13H,5-8H2,1H3. The third-order valence-corrected chi connectivity index (χ3v) is 5.95. The van der Waals surface area contributed by atoms with Crippen LogP contribution in [0, 0.1) is 3.57 Å². The van der Waals surface area contributed by atoms with Crippen LogP contribution in [-0.2, 0) is 9.84 Å². The third kappa shape index (κ3) is 3.44. The van der Waals surface area contributed by atoms with E-state index < -0.39 is 9.84 Å². The van der Waals surface area contributed by atoms with E-state index >= 15 is 0 Å². The molecule has 0 atom stereocenters. The Morgan fingerprint density at radius 2 is 1.82 bits per heavy atom. The second-order valence-corrected chi connectivity index (χ2v) is 8.43. The van der Waals surface area contributed by atoms with Crippen molar-refractivity contribution in [2.24, 2.45) is 0 Å². The minimum atomic E-state index is -2.84. The lowest BCUT2D eigenvalue weighted by Crippen LogP contribution is -2.25. The smallest absolute Gasteiger partial charge is 0.150 e. The maximum absolute atomic E-state index is 11.5. The fraction of sp³-hybridized carbons (Fsp3) is 0.538. The summed E-state index contributed by atoms with van der Waals surface area (Å²) in [5.41, 5.74) is 1.36. The molecule has 1 aliphatic rings. The Bertz CT molecular complexity index is 488. The molecule has 1 aromatic rings. The Kier molecular flexibility index (Phi) is 4.13. The quantitative estimate of drug-likeness (QED) is 0.755. The van der Waals surface area contributed by atoms with Gasteiger partial charge in [0, 0.05) is 9.83 Å². The highest BCUT2D eigenvalue weighted by Crippen LogP contribution is 2.35. The molecular weight excluding hydrogens is 347 g/mol. The number of halogens is 1. The Hall–Kier alpha value is -0.100. The summed E-state index contributed by atoms with van der Waals surface area (Å²) >= 11 is 2.32. The minimum absolute atomic E-state index is 0.110. The van der Waals surface area contributed by atoms with Crippen molar-refractivity contribution in [3.05, 3.63) is 33.4 Å². The summed E-state index contributed by atoms with van der Waals surface area (Å²) in [6.07, 6.45) is 4.99. The monoisotopic (exact) mass is 364 g/mol. The molecule has 0 amide bonds. The molecule has 0 aromatic heterocycles. The third-order valence-electron chi connectivity index (χ3n) is 3.60. The highest BCUT2D eigenvalue weighted by Gasteiger charge is 2.28. The van der Waals surface area contributed by atoms with Crippen LogP contribution in [0.4, 0.5) is 0 Å². The molecule has 1 fully saturated rings. The molecular formula is C13H17IO2S. The summed E-state index contributed by atoms with van der Waals surface area (Å²) in [6, 6.07) is 8.55. The fourth-order valence-corrected chi connectivity index (χ4v) is 4.28.